The Morgan fingerprint density at radius 2 is 1.70 bits per heavy atom. The SMILES string of the molecule is CS(=O)(=O)c1cccc(S(=O)(=O)c2sc(C=O)cc2-c2cccnc2F)c1. The van der Waals surface area contributed by atoms with Gasteiger partial charge in [0.2, 0.25) is 15.8 Å². The number of thiophene rings is 1. The highest BCUT2D eigenvalue weighted by Gasteiger charge is 2.27. The summed E-state index contributed by atoms with van der Waals surface area (Å²) in [5.74, 6) is -0.880. The van der Waals surface area contributed by atoms with Gasteiger partial charge in [-0.25, -0.2) is 21.8 Å². The van der Waals surface area contributed by atoms with Gasteiger partial charge in [0.25, 0.3) is 0 Å². The second kappa shape index (κ2) is 6.95. The Kier molecular flexibility index (Phi) is 4.98. The first-order chi connectivity index (χ1) is 12.6. The zero-order valence-electron chi connectivity index (χ0n) is 13.8. The number of pyridine rings is 1. The molecule has 0 saturated carbocycles. The molecular weight excluding hydrogens is 413 g/mol. The molecule has 0 aliphatic heterocycles. The number of hydrogen-bond donors (Lipinski definition) is 0. The number of aldehydes is 1. The van der Waals surface area contributed by atoms with Gasteiger partial charge in [0, 0.05) is 23.6 Å². The second-order valence-corrected chi connectivity index (χ2v) is 10.8. The van der Waals surface area contributed by atoms with Crippen LogP contribution in [0.2, 0.25) is 0 Å². The highest BCUT2D eigenvalue weighted by molar-refractivity contribution is 7.94. The summed E-state index contributed by atoms with van der Waals surface area (Å²) >= 11 is 0.678. The van der Waals surface area contributed by atoms with E-state index in [9.17, 15) is 26.0 Å². The van der Waals surface area contributed by atoms with Crippen LogP contribution >= 0.6 is 11.3 Å². The van der Waals surface area contributed by atoms with E-state index in [1.165, 1.54) is 42.6 Å². The van der Waals surface area contributed by atoms with E-state index < -0.39 is 25.6 Å². The van der Waals surface area contributed by atoms with Crippen molar-refractivity contribution in [3.8, 4) is 11.1 Å². The molecule has 0 saturated heterocycles. The lowest BCUT2D eigenvalue weighted by atomic mass is 10.1. The molecule has 3 rings (SSSR count). The van der Waals surface area contributed by atoms with Crippen LogP contribution < -0.4 is 0 Å². The van der Waals surface area contributed by atoms with Gasteiger partial charge in [-0.1, -0.05) is 6.07 Å². The number of benzene rings is 1. The number of carbonyl (C=O) groups excluding carboxylic acids is 1. The lowest BCUT2D eigenvalue weighted by molar-refractivity contribution is 0.112. The minimum Gasteiger partial charge on any atom is -0.297 e. The molecule has 2 aromatic heterocycles. The monoisotopic (exact) mass is 425 g/mol. The van der Waals surface area contributed by atoms with E-state index in [-0.39, 0.29) is 30.0 Å². The van der Waals surface area contributed by atoms with Gasteiger partial charge < -0.3 is 0 Å². The van der Waals surface area contributed by atoms with Crippen molar-refractivity contribution < 1.29 is 26.0 Å². The molecule has 0 fully saturated rings. The Morgan fingerprint density at radius 1 is 1.00 bits per heavy atom. The summed E-state index contributed by atoms with van der Waals surface area (Å²) in [5, 5.41) is 0. The van der Waals surface area contributed by atoms with Gasteiger partial charge in [0.15, 0.2) is 16.1 Å². The molecule has 0 spiro atoms. The van der Waals surface area contributed by atoms with Crippen molar-refractivity contribution in [3.63, 3.8) is 0 Å². The molecular formula is C17H12FNO5S3. The molecule has 0 atom stereocenters. The number of halogens is 1. The summed E-state index contributed by atoms with van der Waals surface area (Å²) in [6, 6.07) is 8.93. The van der Waals surface area contributed by atoms with E-state index >= 15 is 0 Å². The molecule has 3 aromatic rings. The fraction of sp³-hybridized carbons (Fsp3) is 0.0588. The Bertz CT molecular complexity index is 1250. The molecule has 140 valence electrons. The van der Waals surface area contributed by atoms with Crippen LogP contribution in [0.3, 0.4) is 0 Å². The summed E-state index contributed by atoms with van der Waals surface area (Å²) in [6.07, 6.45) is 2.65. The summed E-state index contributed by atoms with van der Waals surface area (Å²) in [4.78, 5) is 14.3. The van der Waals surface area contributed by atoms with Crippen LogP contribution in [0.15, 0.2) is 62.7 Å². The second-order valence-electron chi connectivity index (χ2n) is 5.56. The smallest absolute Gasteiger partial charge is 0.220 e. The Labute approximate surface area is 159 Å². The normalized spacial score (nSPS) is 12.1. The minimum atomic E-state index is -4.21. The number of rotatable bonds is 5. The van der Waals surface area contributed by atoms with Crippen LogP contribution in [0.1, 0.15) is 9.67 Å². The summed E-state index contributed by atoms with van der Waals surface area (Å²) in [5.41, 5.74) is -0.0721. The molecule has 27 heavy (non-hydrogen) atoms. The van der Waals surface area contributed by atoms with Crippen LogP contribution in [0.5, 0.6) is 0 Å². The maximum atomic E-state index is 14.1. The van der Waals surface area contributed by atoms with Crippen molar-refractivity contribution in [2.24, 2.45) is 0 Å². The summed E-state index contributed by atoms with van der Waals surface area (Å²) in [6.45, 7) is 0. The lowest BCUT2D eigenvalue weighted by Crippen LogP contribution is -2.04. The molecule has 0 aliphatic rings. The van der Waals surface area contributed by atoms with Crippen LogP contribution in [0, 0.1) is 5.95 Å². The van der Waals surface area contributed by atoms with Crippen molar-refractivity contribution in [2.75, 3.05) is 6.26 Å². The van der Waals surface area contributed by atoms with Crippen LogP contribution in [-0.4, -0.2) is 34.4 Å². The maximum Gasteiger partial charge on any atom is 0.220 e. The first kappa shape index (κ1) is 19.3. The van der Waals surface area contributed by atoms with Crippen LogP contribution in [0.4, 0.5) is 4.39 Å². The molecule has 0 aliphatic carbocycles. The lowest BCUT2D eigenvalue weighted by Gasteiger charge is -2.08. The molecule has 1 aromatic carbocycles. The van der Waals surface area contributed by atoms with E-state index in [1.807, 2.05) is 0 Å². The first-order valence-electron chi connectivity index (χ1n) is 7.39. The first-order valence-corrected chi connectivity index (χ1v) is 11.6. The van der Waals surface area contributed by atoms with Crippen molar-refractivity contribution >= 4 is 37.3 Å². The van der Waals surface area contributed by atoms with E-state index in [0.29, 0.717) is 17.6 Å². The van der Waals surface area contributed by atoms with Crippen molar-refractivity contribution in [1.29, 1.82) is 0 Å². The molecule has 0 radical (unpaired) electrons. The van der Waals surface area contributed by atoms with Gasteiger partial charge in [0.1, 0.15) is 4.21 Å². The third-order valence-corrected chi connectivity index (χ3v) is 8.13. The number of sulfone groups is 2. The van der Waals surface area contributed by atoms with Gasteiger partial charge >= 0.3 is 0 Å². The number of hydrogen-bond acceptors (Lipinski definition) is 7. The third-order valence-electron chi connectivity index (χ3n) is 3.67. The molecule has 0 bridgehead atoms. The standard InChI is InChI=1S/C17H12FNO5S3/c1-26(21,22)12-4-2-5-13(9-12)27(23,24)17-15(8-11(10-20)25-17)14-6-3-7-19-16(14)18/h2-10H,1H3. The average Bonchev–Trinajstić information content (AvgIpc) is 3.06. The van der Waals surface area contributed by atoms with Gasteiger partial charge in [-0.2, -0.15) is 4.39 Å². The Balaban J connectivity index is 2.26. The largest absolute Gasteiger partial charge is 0.297 e. The predicted molar refractivity (Wildman–Crippen MR) is 97.9 cm³/mol. The minimum absolute atomic E-state index is 0.00235. The molecule has 2 heterocycles. The van der Waals surface area contributed by atoms with Crippen molar-refractivity contribution in [2.45, 2.75) is 14.0 Å². The molecule has 0 unspecified atom stereocenters. The topological polar surface area (TPSA) is 98.2 Å². The highest BCUT2D eigenvalue weighted by atomic mass is 32.2. The number of carbonyl (C=O) groups is 1. The van der Waals surface area contributed by atoms with E-state index in [1.54, 1.807) is 0 Å². The number of nitrogens with zero attached hydrogens (tertiary/aromatic N) is 1. The zero-order chi connectivity index (χ0) is 19.8. The van der Waals surface area contributed by atoms with Gasteiger partial charge in [-0.15, -0.1) is 11.3 Å². The third kappa shape index (κ3) is 3.68. The Hall–Kier alpha value is -2.43. The quantitative estimate of drug-likeness (QED) is 0.460. The molecule has 0 amide bonds. The summed E-state index contributed by atoms with van der Waals surface area (Å²) in [7, 11) is -7.83. The Morgan fingerprint density at radius 3 is 2.33 bits per heavy atom. The van der Waals surface area contributed by atoms with Crippen molar-refractivity contribution in [1.82, 2.24) is 4.98 Å². The average molecular weight is 425 g/mol. The van der Waals surface area contributed by atoms with Crippen LogP contribution in [0.25, 0.3) is 11.1 Å². The molecule has 0 N–H and O–H groups in total. The molecule has 10 heteroatoms. The highest BCUT2D eigenvalue weighted by Crippen LogP contribution is 2.38. The van der Waals surface area contributed by atoms with E-state index in [4.69, 9.17) is 0 Å². The zero-order valence-corrected chi connectivity index (χ0v) is 16.2. The van der Waals surface area contributed by atoms with Crippen LogP contribution in [-0.2, 0) is 19.7 Å². The molecule has 6 nitrogen and oxygen atoms in total. The van der Waals surface area contributed by atoms with Crippen molar-refractivity contribution in [3.05, 3.63) is 59.5 Å². The fourth-order valence-electron chi connectivity index (χ4n) is 2.40. The number of aromatic nitrogens is 1. The van der Waals surface area contributed by atoms with Gasteiger partial charge in [-0.3, -0.25) is 4.79 Å². The van der Waals surface area contributed by atoms with E-state index in [0.717, 1.165) is 12.3 Å². The maximum absolute atomic E-state index is 14.1. The van der Waals surface area contributed by atoms with Gasteiger partial charge in [0.05, 0.1) is 14.7 Å². The van der Waals surface area contributed by atoms with E-state index in [2.05, 4.69) is 4.98 Å². The fourth-order valence-corrected chi connectivity index (χ4v) is 6.09. The summed E-state index contributed by atoms with van der Waals surface area (Å²) < 4.78 is 63.5. The predicted octanol–water partition coefficient (Wildman–Crippen LogP) is 3.00. The van der Waals surface area contributed by atoms with Gasteiger partial charge in [-0.05, 0) is 36.4 Å².